The second-order valence-electron chi connectivity index (χ2n) is 6.00. The van der Waals surface area contributed by atoms with Crippen molar-refractivity contribution < 1.29 is 9.53 Å². The number of hydrogen-bond acceptors (Lipinski definition) is 5. The molecule has 3 rings (SSSR count). The average molecular weight is 379 g/mol. The lowest BCUT2D eigenvalue weighted by Crippen LogP contribution is -2.25. The molecule has 0 saturated heterocycles. The van der Waals surface area contributed by atoms with Crippen molar-refractivity contribution in [2.45, 2.75) is 26.5 Å². The minimum absolute atomic E-state index is 0.164. The number of ether oxygens (including phenoxy) is 1. The fourth-order valence-electron chi connectivity index (χ4n) is 2.51. The number of aryl methyl sites for hydroxylation is 1. The van der Waals surface area contributed by atoms with E-state index in [0.717, 1.165) is 22.0 Å². The number of rotatable bonds is 7. The number of thiazole rings is 1. The molecule has 27 heavy (non-hydrogen) atoms. The maximum absolute atomic E-state index is 12.2. The molecule has 0 fully saturated rings. The van der Waals surface area contributed by atoms with E-state index in [0.29, 0.717) is 12.4 Å². The summed E-state index contributed by atoms with van der Waals surface area (Å²) in [4.78, 5) is 20.9. The van der Waals surface area contributed by atoms with Gasteiger partial charge < -0.3 is 10.1 Å². The van der Waals surface area contributed by atoms with Crippen molar-refractivity contribution in [3.8, 4) is 5.75 Å². The van der Waals surface area contributed by atoms with Crippen molar-refractivity contribution in [1.29, 1.82) is 0 Å². The molecule has 0 aliphatic rings. The number of pyridine rings is 1. The predicted molar refractivity (Wildman–Crippen MR) is 107 cm³/mol. The van der Waals surface area contributed by atoms with Crippen LogP contribution in [0.25, 0.3) is 6.08 Å². The van der Waals surface area contributed by atoms with Crippen LogP contribution < -0.4 is 10.1 Å². The molecule has 0 bridgehead atoms. The Hall–Kier alpha value is -2.99. The molecular formula is C21H21N3O2S. The van der Waals surface area contributed by atoms with E-state index in [2.05, 4.69) is 15.3 Å². The Morgan fingerprint density at radius 3 is 2.81 bits per heavy atom. The number of aromatic nitrogens is 2. The molecule has 2 aromatic heterocycles. The van der Waals surface area contributed by atoms with Gasteiger partial charge in [0.15, 0.2) is 0 Å². The zero-order valence-electron chi connectivity index (χ0n) is 15.3. The van der Waals surface area contributed by atoms with Gasteiger partial charge in [-0.2, -0.15) is 0 Å². The summed E-state index contributed by atoms with van der Waals surface area (Å²) in [5.41, 5.74) is 2.56. The summed E-state index contributed by atoms with van der Waals surface area (Å²) < 4.78 is 5.87. The van der Waals surface area contributed by atoms with Crippen molar-refractivity contribution in [2.75, 3.05) is 0 Å². The van der Waals surface area contributed by atoms with Crippen LogP contribution in [-0.2, 0) is 11.4 Å². The SMILES string of the molecule is Cc1nc(COc2ccccc2/C=C/C(=O)NC(C)c2ccccn2)cs1. The number of para-hydroxylation sites is 1. The van der Waals surface area contributed by atoms with Gasteiger partial charge in [-0.1, -0.05) is 24.3 Å². The summed E-state index contributed by atoms with van der Waals surface area (Å²) in [5.74, 6) is 0.531. The molecule has 1 aromatic carbocycles. The van der Waals surface area contributed by atoms with Gasteiger partial charge in [-0.25, -0.2) is 4.98 Å². The normalized spacial score (nSPS) is 12.1. The number of amides is 1. The van der Waals surface area contributed by atoms with Crippen LogP contribution in [0, 0.1) is 6.92 Å². The summed E-state index contributed by atoms with van der Waals surface area (Å²) in [6, 6.07) is 13.1. The van der Waals surface area contributed by atoms with E-state index in [1.165, 1.54) is 6.08 Å². The predicted octanol–water partition coefficient (Wildman–Crippen LogP) is 4.32. The quantitative estimate of drug-likeness (QED) is 0.621. The second kappa shape index (κ2) is 9.09. The fraction of sp³-hybridized carbons (Fsp3) is 0.190. The highest BCUT2D eigenvalue weighted by Gasteiger charge is 2.08. The van der Waals surface area contributed by atoms with Gasteiger partial charge in [-0.15, -0.1) is 11.3 Å². The van der Waals surface area contributed by atoms with Gasteiger partial charge in [0.1, 0.15) is 12.4 Å². The first-order valence-electron chi connectivity index (χ1n) is 8.64. The molecule has 0 radical (unpaired) electrons. The van der Waals surface area contributed by atoms with Crippen LogP contribution in [0.2, 0.25) is 0 Å². The van der Waals surface area contributed by atoms with Gasteiger partial charge in [0, 0.05) is 23.2 Å². The molecule has 2 heterocycles. The molecule has 0 aliphatic carbocycles. The second-order valence-corrected chi connectivity index (χ2v) is 7.06. The highest BCUT2D eigenvalue weighted by atomic mass is 32.1. The molecule has 0 aliphatic heterocycles. The van der Waals surface area contributed by atoms with Crippen LogP contribution in [0.4, 0.5) is 0 Å². The third-order valence-electron chi connectivity index (χ3n) is 3.87. The zero-order chi connectivity index (χ0) is 19.1. The standard InChI is InChI=1S/C21H21N3O2S/c1-15(19-8-5-6-12-22-19)23-21(25)11-10-17-7-3-4-9-20(17)26-13-18-14-27-16(2)24-18/h3-12,14-15H,13H2,1-2H3,(H,23,25)/b11-10+. The molecule has 3 aromatic rings. The molecule has 6 heteroatoms. The Kier molecular flexibility index (Phi) is 6.33. The first kappa shape index (κ1) is 18.8. The van der Waals surface area contributed by atoms with Gasteiger partial charge in [0.05, 0.1) is 22.4 Å². The zero-order valence-corrected chi connectivity index (χ0v) is 16.1. The van der Waals surface area contributed by atoms with E-state index in [4.69, 9.17) is 4.74 Å². The Bertz CT molecular complexity index is 922. The van der Waals surface area contributed by atoms with Crippen molar-refractivity contribution in [3.05, 3.63) is 82.1 Å². The first-order valence-corrected chi connectivity index (χ1v) is 9.52. The smallest absolute Gasteiger partial charge is 0.244 e. The number of carbonyl (C=O) groups is 1. The summed E-state index contributed by atoms with van der Waals surface area (Å²) in [7, 11) is 0. The van der Waals surface area contributed by atoms with Crippen LogP contribution in [0.15, 0.2) is 60.1 Å². The molecule has 1 atom stereocenters. The van der Waals surface area contributed by atoms with Gasteiger partial charge in [0.2, 0.25) is 5.91 Å². The Balaban J connectivity index is 1.61. The minimum atomic E-state index is -0.182. The lowest BCUT2D eigenvalue weighted by molar-refractivity contribution is -0.117. The molecule has 1 amide bonds. The van der Waals surface area contributed by atoms with Crippen LogP contribution in [0.1, 0.15) is 34.9 Å². The maximum Gasteiger partial charge on any atom is 0.244 e. The van der Waals surface area contributed by atoms with Crippen LogP contribution in [0.3, 0.4) is 0 Å². The molecule has 0 saturated carbocycles. The highest BCUT2D eigenvalue weighted by Crippen LogP contribution is 2.21. The van der Waals surface area contributed by atoms with Crippen molar-refractivity contribution >= 4 is 23.3 Å². The maximum atomic E-state index is 12.2. The van der Waals surface area contributed by atoms with E-state index in [1.807, 2.05) is 61.7 Å². The highest BCUT2D eigenvalue weighted by molar-refractivity contribution is 7.09. The molecular weight excluding hydrogens is 358 g/mol. The first-order chi connectivity index (χ1) is 13.1. The van der Waals surface area contributed by atoms with E-state index >= 15 is 0 Å². The number of benzene rings is 1. The minimum Gasteiger partial charge on any atom is -0.487 e. The Labute approximate surface area is 162 Å². The van der Waals surface area contributed by atoms with Crippen molar-refractivity contribution in [2.24, 2.45) is 0 Å². The largest absolute Gasteiger partial charge is 0.487 e. The number of hydrogen-bond donors (Lipinski definition) is 1. The fourth-order valence-corrected chi connectivity index (χ4v) is 3.11. The summed E-state index contributed by atoms with van der Waals surface area (Å²) >= 11 is 1.60. The molecule has 1 unspecified atom stereocenters. The molecule has 1 N–H and O–H groups in total. The van der Waals surface area contributed by atoms with Crippen molar-refractivity contribution in [3.63, 3.8) is 0 Å². The summed E-state index contributed by atoms with van der Waals surface area (Å²) in [6.07, 6.45) is 4.97. The topological polar surface area (TPSA) is 64.1 Å². The van der Waals surface area contributed by atoms with Crippen molar-refractivity contribution in [1.82, 2.24) is 15.3 Å². The molecule has 138 valence electrons. The summed E-state index contributed by atoms with van der Waals surface area (Å²) in [5, 5.41) is 5.91. The van der Waals surface area contributed by atoms with E-state index in [1.54, 1.807) is 23.6 Å². The van der Waals surface area contributed by atoms with E-state index < -0.39 is 0 Å². The van der Waals surface area contributed by atoms with Gasteiger partial charge in [0.25, 0.3) is 0 Å². The van der Waals surface area contributed by atoms with Crippen LogP contribution >= 0.6 is 11.3 Å². The van der Waals surface area contributed by atoms with Crippen LogP contribution in [0.5, 0.6) is 5.75 Å². The van der Waals surface area contributed by atoms with E-state index in [9.17, 15) is 4.79 Å². The lowest BCUT2D eigenvalue weighted by Gasteiger charge is -2.11. The Morgan fingerprint density at radius 2 is 2.07 bits per heavy atom. The number of carbonyl (C=O) groups excluding carboxylic acids is 1. The van der Waals surface area contributed by atoms with Crippen LogP contribution in [-0.4, -0.2) is 15.9 Å². The number of nitrogens with zero attached hydrogens (tertiary/aromatic N) is 2. The average Bonchev–Trinajstić information content (AvgIpc) is 3.11. The van der Waals surface area contributed by atoms with E-state index in [-0.39, 0.29) is 11.9 Å². The molecule has 5 nitrogen and oxygen atoms in total. The van der Waals surface area contributed by atoms with Gasteiger partial charge in [-0.05, 0) is 38.1 Å². The Morgan fingerprint density at radius 1 is 1.26 bits per heavy atom. The molecule has 0 spiro atoms. The summed E-state index contributed by atoms with van der Waals surface area (Å²) in [6.45, 7) is 4.27. The number of nitrogens with one attached hydrogen (secondary N) is 1. The van der Waals surface area contributed by atoms with Gasteiger partial charge in [-0.3, -0.25) is 9.78 Å². The lowest BCUT2D eigenvalue weighted by atomic mass is 10.1. The monoisotopic (exact) mass is 379 g/mol. The van der Waals surface area contributed by atoms with Gasteiger partial charge >= 0.3 is 0 Å². The third-order valence-corrected chi connectivity index (χ3v) is 4.69. The third kappa shape index (κ3) is 5.49.